The molecule has 0 aliphatic heterocycles. The Morgan fingerprint density at radius 1 is 1.03 bits per heavy atom. The van der Waals surface area contributed by atoms with Gasteiger partial charge < -0.3 is 19.5 Å². The number of tetrazole rings is 1. The van der Waals surface area contributed by atoms with Gasteiger partial charge in [-0.2, -0.15) is 4.80 Å². The molecule has 3 aromatic rings. The first-order chi connectivity index (χ1) is 18.0. The number of Topliss-reactive ketones (excluding diaryl/α,β-unsaturated/α-hetero) is 1. The van der Waals surface area contributed by atoms with Crippen LogP contribution in [0.15, 0.2) is 54.6 Å². The standard InChI is InChI=1S/C26H29N5O7/c1-26(2,3)38-22(33)14-20(27-25(35)37-16-17-9-6-5-7-10-17)21(32)15-31-29-23(28-30-31)18-11-8-12-19(13-18)24(34)36-4/h5-13,20H,14-16H2,1-4H3,(H,27,35). The van der Waals surface area contributed by atoms with Crippen LogP contribution in [-0.4, -0.2) is 62.8 Å². The number of ketones is 1. The predicted molar refractivity (Wildman–Crippen MR) is 134 cm³/mol. The summed E-state index contributed by atoms with van der Waals surface area (Å²) < 4.78 is 15.2. The molecule has 1 aromatic heterocycles. The summed E-state index contributed by atoms with van der Waals surface area (Å²) in [4.78, 5) is 50.8. The molecule has 1 atom stereocenters. The predicted octanol–water partition coefficient (Wildman–Crippen LogP) is 2.72. The van der Waals surface area contributed by atoms with Crippen molar-refractivity contribution < 1.29 is 33.4 Å². The first-order valence-electron chi connectivity index (χ1n) is 11.7. The van der Waals surface area contributed by atoms with Crippen LogP contribution in [0, 0.1) is 0 Å². The Kier molecular flexibility index (Phi) is 9.25. The number of benzene rings is 2. The van der Waals surface area contributed by atoms with Crippen molar-refractivity contribution in [2.75, 3.05) is 7.11 Å². The second kappa shape index (κ2) is 12.6. The molecule has 200 valence electrons. The van der Waals surface area contributed by atoms with Crippen LogP contribution in [0.4, 0.5) is 4.79 Å². The van der Waals surface area contributed by atoms with Gasteiger partial charge in [-0.05, 0) is 43.7 Å². The molecule has 1 heterocycles. The van der Waals surface area contributed by atoms with Gasteiger partial charge in [-0.25, -0.2) is 9.59 Å². The number of carbonyl (C=O) groups is 4. The van der Waals surface area contributed by atoms with E-state index in [-0.39, 0.29) is 12.4 Å². The van der Waals surface area contributed by atoms with Crippen LogP contribution in [-0.2, 0) is 37.0 Å². The number of nitrogens with one attached hydrogen (secondary N) is 1. The third kappa shape index (κ3) is 8.50. The van der Waals surface area contributed by atoms with Gasteiger partial charge in [0, 0.05) is 5.56 Å². The van der Waals surface area contributed by atoms with E-state index < -0.39 is 48.4 Å². The van der Waals surface area contributed by atoms with Crippen molar-refractivity contribution >= 4 is 23.8 Å². The Balaban J connectivity index is 1.70. The van der Waals surface area contributed by atoms with Crippen LogP contribution in [0.5, 0.6) is 0 Å². The average molecular weight is 524 g/mol. The molecule has 0 bridgehead atoms. The molecule has 2 aromatic carbocycles. The van der Waals surface area contributed by atoms with E-state index in [1.165, 1.54) is 13.2 Å². The van der Waals surface area contributed by atoms with E-state index in [9.17, 15) is 19.2 Å². The number of alkyl carbamates (subject to hydrolysis) is 1. The number of carbonyl (C=O) groups excluding carboxylic acids is 4. The Hall–Kier alpha value is -4.61. The quantitative estimate of drug-likeness (QED) is 0.310. The van der Waals surface area contributed by atoms with Crippen LogP contribution in [0.3, 0.4) is 0 Å². The molecule has 0 radical (unpaired) electrons. The lowest BCUT2D eigenvalue weighted by atomic mass is 10.1. The summed E-state index contributed by atoms with van der Waals surface area (Å²) in [6.07, 6.45) is -1.29. The maximum atomic E-state index is 13.1. The summed E-state index contributed by atoms with van der Waals surface area (Å²) in [7, 11) is 1.27. The Morgan fingerprint density at radius 3 is 2.45 bits per heavy atom. The SMILES string of the molecule is COC(=O)c1cccc(-c2nnn(CC(=O)C(CC(=O)OC(C)(C)C)NC(=O)OCc3ccccc3)n2)c1. The molecule has 0 saturated carbocycles. The lowest BCUT2D eigenvalue weighted by Crippen LogP contribution is -2.45. The minimum absolute atomic E-state index is 0.0152. The highest BCUT2D eigenvalue weighted by atomic mass is 16.6. The topological polar surface area (TPSA) is 152 Å². The molecule has 12 heteroatoms. The molecule has 0 saturated heterocycles. The van der Waals surface area contributed by atoms with Crippen molar-refractivity contribution in [1.29, 1.82) is 0 Å². The van der Waals surface area contributed by atoms with Crippen LogP contribution in [0.25, 0.3) is 11.4 Å². The van der Waals surface area contributed by atoms with E-state index in [0.717, 1.165) is 10.4 Å². The van der Waals surface area contributed by atoms with Gasteiger partial charge in [0.1, 0.15) is 24.8 Å². The molecule has 12 nitrogen and oxygen atoms in total. The second-order valence-corrected chi connectivity index (χ2v) is 9.23. The summed E-state index contributed by atoms with van der Waals surface area (Å²) in [5.74, 6) is -1.60. The molecular formula is C26H29N5O7. The number of rotatable bonds is 10. The third-order valence-corrected chi connectivity index (χ3v) is 4.98. The number of aromatic nitrogens is 4. The average Bonchev–Trinajstić information content (AvgIpc) is 3.34. The molecule has 0 spiro atoms. The monoisotopic (exact) mass is 523 g/mol. The second-order valence-electron chi connectivity index (χ2n) is 9.23. The lowest BCUT2D eigenvalue weighted by molar-refractivity contribution is -0.156. The van der Waals surface area contributed by atoms with Gasteiger partial charge in [0.15, 0.2) is 5.78 Å². The third-order valence-electron chi connectivity index (χ3n) is 4.98. The van der Waals surface area contributed by atoms with Crippen molar-refractivity contribution in [3.8, 4) is 11.4 Å². The van der Waals surface area contributed by atoms with E-state index in [1.54, 1.807) is 63.2 Å². The van der Waals surface area contributed by atoms with Gasteiger partial charge in [0.25, 0.3) is 0 Å². The molecule has 1 unspecified atom stereocenters. The number of hydrogen-bond acceptors (Lipinski definition) is 10. The fraction of sp³-hybridized carbons (Fsp3) is 0.346. The first kappa shape index (κ1) is 28.0. The summed E-state index contributed by atoms with van der Waals surface area (Å²) in [6.45, 7) is 4.67. The largest absolute Gasteiger partial charge is 0.465 e. The van der Waals surface area contributed by atoms with Crippen molar-refractivity contribution in [2.45, 2.75) is 52.0 Å². The van der Waals surface area contributed by atoms with Crippen molar-refractivity contribution in [3.63, 3.8) is 0 Å². The Labute approximate surface area is 219 Å². The zero-order valence-electron chi connectivity index (χ0n) is 21.5. The zero-order valence-corrected chi connectivity index (χ0v) is 21.5. The normalized spacial score (nSPS) is 11.8. The van der Waals surface area contributed by atoms with E-state index in [0.29, 0.717) is 11.1 Å². The number of ether oxygens (including phenoxy) is 3. The van der Waals surface area contributed by atoms with Gasteiger partial charge in [0.05, 0.1) is 19.1 Å². The van der Waals surface area contributed by atoms with Crippen LogP contribution in [0.2, 0.25) is 0 Å². The van der Waals surface area contributed by atoms with Gasteiger partial charge in [-0.15, -0.1) is 10.2 Å². The number of hydrogen-bond donors (Lipinski definition) is 1. The smallest absolute Gasteiger partial charge is 0.408 e. The van der Waals surface area contributed by atoms with Crippen molar-refractivity contribution in [2.24, 2.45) is 0 Å². The highest BCUT2D eigenvalue weighted by Crippen LogP contribution is 2.16. The van der Waals surface area contributed by atoms with Crippen LogP contribution in [0.1, 0.15) is 43.1 Å². The number of nitrogens with zero attached hydrogens (tertiary/aromatic N) is 4. The molecule has 3 rings (SSSR count). The van der Waals surface area contributed by atoms with E-state index >= 15 is 0 Å². The van der Waals surface area contributed by atoms with E-state index in [4.69, 9.17) is 14.2 Å². The Morgan fingerprint density at radius 2 is 1.76 bits per heavy atom. The summed E-state index contributed by atoms with van der Waals surface area (Å²) >= 11 is 0. The fourth-order valence-corrected chi connectivity index (χ4v) is 3.28. The van der Waals surface area contributed by atoms with Gasteiger partial charge in [-0.1, -0.05) is 42.5 Å². The molecule has 0 aliphatic carbocycles. The minimum atomic E-state index is -1.26. The highest BCUT2D eigenvalue weighted by Gasteiger charge is 2.28. The summed E-state index contributed by atoms with van der Waals surface area (Å²) in [5.41, 5.74) is 0.764. The molecule has 0 fully saturated rings. The number of amides is 1. The molecule has 1 amide bonds. The maximum Gasteiger partial charge on any atom is 0.408 e. The molecular weight excluding hydrogens is 494 g/mol. The lowest BCUT2D eigenvalue weighted by Gasteiger charge is -2.22. The number of esters is 2. The zero-order chi connectivity index (χ0) is 27.7. The highest BCUT2D eigenvalue weighted by molar-refractivity contribution is 5.91. The number of methoxy groups -OCH3 is 1. The summed E-state index contributed by atoms with van der Waals surface area (Å²) in [5, 5.41) is 14.4. The van der Waals surface area contributed by atoms with Crippen molar-refractivity contribution in [3.05, 3.63) is 65.7 Å². The first-order valence-corrected chi connectivity index (χ1v) is 11.7. The van der Waals surface area contributed by atoms with E-state index in [2.05, 4.69) is 20.7 Å². The van der Waals surface area contributed by atoms with Gasteiger partial charge >= 0.3 is 18.0 Å². The fourth-order valence-electron chi connectivity index (χ4n) is 3.28. The molecule has 0 aliphatic rings. The molecule has 1 N–H and O–H groups in total. The Bertz CT molecular complexity index is 1280. The van der Waals surface area contributed by atoms with Gasteiger partial charge in [-0.3, -0.25) is 9.59 Å². The maximum absolute atomic E-state index is 13.1. The minimum Gasteiger partial charge on any atom is -0.465 e. The van der Waals surface area contributed by atoms with E-state index in [1.807, 2.05) is 6.07 Å². The summed E-state index contributed by atoms with van der Waals surface area (Å²) in [6, 6.07) is 14.2. The van der Waals surface area contributed by atoms with Crippen molar-refractivity contribution in [1.82, 2.24) is 25.5 Å². The molecule has 38 heavy (non-hydrogen) atoms. The van der Waals surface area contributed by atoms with Gasteiger partial charge in [0.2, 0.25) is 5.82 Å². The van der Waals surface area contributed by atoms with Crippen LogP contribution >= 0.6 is 0 Å². The van der Waals surface area contributed by atoms with Crippen LogP contribution < -0.4 is 5.32 Å².